The van der Waals surface area contributed by atoms with Crippen LogP contribution in [0.15, 0.2) is 18.2 Å². The third kappa shape index (κ3) is 4.31. The van der Waals surface area contributed by atoms with Crippen molar-refractivity contribution in [2.75, 3.05) is 13.7 Å². The van der Waals surface area contributed by atoms with Crippen LogP contribution in [0.3, 0.4) is 0 Å². The van der Waals surface area contributed by atoms with Gasteiger partial charge in [0.15, 0.2) is 17.3 Å². The standard InChI is InChI=1S/C17H23NO8/c1-8(20)10-4-5-11(12(6-10)24-3)25-17-14(18-9(2)21)16(23)15(22)13(7-19)26-17/h4-6,13-17,19,22-23H,7H2,1-3H3,(H,18,21)/t13-,14+,15+,16-,17-/m0/s1. The predicted molar refractivity (Wildman–Crippen MR) is 89.0 cm³/mol. The van der Waals surface area contributed by atoms with Crippen LogP contribution in [0.4, 0.5) is 0 Å². The van der Waals surface area contributed by atoms with Crippen LogP contribution < -0.4 is 14.8 Å². The molecule has 0 spiro atoms. The first-order valence-corrected chi connectivity index (χ1v) is 8.03. The van der Waals surface area contributed by atoms with Gasteiger partial charge in [-0.25, -0.2) is 0 Å². The van der Waals surface area contributed by atoms with Crippen LogP contribution in [0.1, 0.15) is 24.2 Å². The van der Waals surface area contributed by atoms with E-state index in [0.29, 0.717) is 5.56 Å². The molecule has 1 amide bonds. The molecule has 26 heavy (non-hydrogen) atoms. The van der Waals surface area contributed by atoms with Crippen molar-refractivity contribution < 1.29 is 39.1 Å². The number of rotatable bonds is 6. The summed E-state index contributed by atoms with van der Waals surface area (Å²) >= 11 is 0. The summed E-state index contributed by atoms with van der Waals surface area (Å²) in [7, 11) is 1.40. The second-order valence-electron chi connectivity index (χ2n) is 5.97. The number of carbonyl (C=O) groups excluding carboxylic acids is 2. The van der Waals surface area contributed by atoms with Crippen molar-refractivity contribution in [3.63, 3.8) is 0 Å². The molecule has 4 N–H and O–H groups in total. The van der Waals surface area contributed by atoms with E-state index < -0.39 is 43.2 Å². The Kier molecular flexibility index (Phi) is 6.54. The van der Waals surface area contributed by atoms with Gasteiger partial charge in [0, 0.05) is 12.5 Å². The maximum absolute atomic E-state index is 11.5. The summed E-state index contributed by atoms with van der Waals surface area (Å²) in [4.78, 5) is 22.9. The van der Waals surface area contributed by atoms with E-state index in [1.807, 2.05) is 0 Å². The molecule has 1 aromatic rings. The second kappa shape index (κ2) is 8.45. The number of benzene rings is 1. The van der Waals surface area contributed by atoms with Crippen LogP contribution in [0.2, 0.25) is 0 Å². The predicted octanol–water partition coefficient (Wildman–Crippen LogP) is -0.780. The molecule has 0 aromatic heterocycles. The zero-order chi connectivity index (χ0) is 19.4. The molecule has 0 bridgehead atoms. The Bertz CT molecular complexity index is 664. The first kappa shape index (κ1) is 20.1. The Morgan fingerprint density at radius 2 is 1.88 bits per heavy atom. The smallest absolute Gasteiger partial charge is 0.223 e. The van der Waals surface area contributed by atoms with Gasteiger partial charge in [0.2, 0.25) is 12.2 Å². The second-order valence-corrected chi connectivity index (χ2v) is 5.97. The molecule has 9 heteroatoms. The normalized spacial score (nSPS) is 28.3. The van der Waals surface area contributed by atoms with Gasteiger partial charge in [-0.1, -0.05) is 0 Å². The number of aliphatic hydroxyl groups is 3. The molecule has 2 rings (SSSR count). The highest BCUT2D eigenvalue weighted by atomic mass is 16.7. The fourth-order valence-electron chi connectivity index (χ4n) is 2.68. The Morgan fingerprint density at radius 1 is 1.19 bits per heavy atom. The lowest BCUT2D eigenvalue weighted by Crippen LogP contribution is -2.65. The molecule has 0 unspecified atom stereocenters. The number of amides is 1. The van der Waals surface area contributed by atoms with E-state index in [2.05, 4.69) is 5.32 Å². The zero-order valence-corrected chi connectivity index (χ0v) is 14.7. The fraction of sp³-hybridized carbons (Fsp3) is 0.529. The lowest BCUT2D eigenvalue weighted by atomic mass is 9.97. The topological polar surface area (TPSA) is 135 Å². The number of methoxy groups -OCH3 is 1. The molecule has 0 radical (unpaired) electrons. The minimum Gasteiger partial charge on any atom is -0.493 e. The average molecular weight is 369 g/mol. The lowest BCUT2D eigenvalue weighted by Gasteiger charge is -2.42. The Labute approximate surface area is 150 Å². The van der Waals surface area contributed by atoms with Crippen molar-refractivity contribution in [3.05, 3.63) is 23.8 Å². The van der Waals surface area contributed by atoms with E-state index in [1.165, 1.54) is 39.2 Å². The largest absolute Gasteiger partial charge is 0.493 e. The molecule has 144 valence electrons. The van der Waals surface area contributed by atoms with Gasteiger partial charge in [-0.2, -0.15) is 0 Å². The number of hydrogen-bond acceptors (Lipinski definition) is 8. The van der Waals surface area contributed by atoms with Crippen molar-refractivity contribution >= 4 is 11.7 Å². The summed E-state index contributed by atoms with van der Waals surface area (Å²) in [5.41, 5.74) is 0.417. The fourth-order valence-corrected chi connectivity index (χ4v) is 2.68. The van der Waals surface area contributed by atoms with Crippen LogP contribution in [0.5, 0.6) is 11.5 Å². The summed E-state index contributed by atoms with van der Waals surface area (Å²) in [6.07, 6.45) is -5.12. The van der Waals surface area contributed by atoms with Crippen LogP contribution in [-0.4, -0.2) is 71.4 Å². The molecule has 0 saturated carbocycles. The highest BCUT2D eigenvalue weighted by Crippen LogP contribution is 2.32. The third-order valence-corrected chi connectivity index (χ3v) is 4.06. The third-order valence-electron chi connectivity index (χ3n) is 4.06. The van der Waals surface area contributed by atoms with Gasteiger partial charge in [-0.3, -0.25) is 9.59 Å². The first-order chi connectivity index (χ1) is 12.3. The zero-order valence-electron chi connectivity index (χ0n) is 14.7. The number of ketones is 1. The summed E-state index contributed by atoms with van der Waals surface area (Å²) in [5.74, 6) is -0.152. The van der Waals surface area contributed by atoms with Gasteiger partial charge >= 0.3 is 0 Å². The van der Waals surface area contributed by atoms with Gasteiger partial charge in [0.05, 0.1) is 13.7 Å². The number of Topliss-reactive ketones (excluding diaryl/α,β-unsaturated/α-hetero) is 1. The van der Waals surface area contributed by atoms with Gasteiger partial charge in [0.25, 0.3) is 0 Å². The molecule has 1 fully saturated rings. The van der Waals surface area contributed by atoms with Crippen molar-refractivity contribution in [2.45, 2.75) is 44.5 Å². The summed E-state index contributed by atoms with van der Waals surface area (Å²) in [5, 5.41) is 32.1. The highest BCUT2D eigenvalue weighted by Gasteiger charge is 2.46. The maximum Gasteiger partial charge on any atom is 0.223 e. The number of ether oxygens (including phenoxy) is 3. The van der Waals surface area contributed by atoms with Crippen LogP contribution in [-0.2, 0) is 9.53 Å². The van der Waals surface area contributed by atoms with E-state index in [0.717, 1.165) is 0 Å². The summed E-state index contributed by atoms with van der Waals surface area (Å²) in [6.45, 7) is 2.11. The molecular weight excluding hydrogens is 346 g/mol. The van der Waals surface area contributed by atoms with Gasteiger partial charge in [-0.05, 0) is 25.1 Å². The summed E-state index contributed by atoms with van der Waals surface area (Å²) < 4.78 is 16.4. The Morgan fingerprint density at radius 3 is 2.42 bits per heavy atom. The quantitative estimate of drug-likeness (QED) is 0.480. The van der Waals surface area contributed by atoms with E-state index >= 15 is 0 Å². The van der Waals surface area contributed by atoms with Crippen molar-refractivity contribution in [1.82, 2.24) is 5.32 Å². The monoisotopic (exact) mass is 369 g/mol. The van der Waals surface area contributed by atoms with Crippen LogP contribution >= 0.6 is 0 Å². The summed E-state index contributed by atoms with van der Waals surface area (Å²) in [6, 6.07) is 3.44. The van der Waals surface area contributed by atoms with E-state index in [9.17, 15) is 24.9 Å². The van der Waals surface area contributed by atoms with E-state index in [1.54, 1.807) is 0 Å². The van der Waals surface area contributed by atoms with Crippen molar-refractivity contribution in [1.29, 1.82) is 0 Å². The van der Waals surface area contributed by atoms with Gasteiger partial charge in [0.1, 0.15) is 24.4 Å². The number of aliphatic hydroxyl groups excluding tert-OH is 3. The van der Waals surface area contributed by atoms with Crippen LogP contribution in [0, 0.1) is 0 Å². The minimum absolute atomic E-state index is 0.154. The molecule has 1 saturated heterocycles. The minimum atomic E-state index is -1.42. The SMILES string of the molecule is COc1cc(C(C)=O)ccc1O[C@H]1O[C@@H](CO)[C@@H](O)[C@@H](O)[C@H]1NC(C)=O. The van der Waals surface area contributed by atoms with E-state index in [4.69, 9.17) is 14.2 Å². The Balaban J connectivity index is 2.31. The van der Waals surface area contributed by atoms with Gasteiger partial charge in [-0.15, -0.1) is 0 Å². The molecule has 0 aliphatic carbocycles. The average Bonchev–Trinajstić information content (AvgIpc) is 2.60. The number of hydrogen-bond donors (Lipinski definition) is 4. The van der Waals surface area contributed by atoms with Crippen molar-refractivity contribution in [2.24, 2.45) is 0 Å². The van der Waals surface area contributed by atoms with E-state index in [-0.39, 0.29) is 17.3 Å². The number of nitrogens with one attached hydrogen (secondary N) is 1. The molecule has 1 aliphatic heterocycles. The molecule has 1 heterocycles. The lowest BCUT2D eigenvalue weighted by molar-refractivity contribution is -0.244. The number of carbonyl (C=O) groups is 2. The molecule has 1 aliphatic rings. The molecular formula is C17H23NO8. The van der Waals surface area contributed by atoms with Crippen molar-refractivity contribution in [3.8, 4) is 11.5 Å². The Hall–Kier alpha value is -2.20. The molecule has 9 nitrogen and oxygen atoms in total. The first-order valence-electron chi connectivity index (χ1n) is 8.03. The highest BCUT2D eigenvalue weighted by molar-refractivity contribution is 5.94. The maximum atomic E-state index is 11.5. The van der Waals surface area contributed by atoms with Gasteiger partial charge < -0.3 is 34.8 Å². The molecule has 1 aromatic carbocycles. The van der Waals surface area contributed by atoms with Crippen LogP contribution in [0.25, 0.3) is 0 Å². The molecule has 5 atom stereocenters.